The quantitative estimate of drug-likeness (QED) is 0.702. The Kier molecular flexibility index (Phi) is 2.74. The van der Waals surface area contributed by atoms with Crippen molar-refractivity contribution in [3.8, 4) is 11.1 Å². The van der Waals surface area contributed by atoms with Gasteiger partial charge in [-0.25, -0.2) is 4.57 Å². The van der Waals surface area contributed by atoms with E-state index in [9.17, 15) is 0 Å². The molecule has 0 spiro atoms. The lowest BCUT2D eigenvalue weighted by atomic mass is 10.1. The van der Waals surface area contributed by atoms with Crippen molar-refractivity contribution in [3.05, 3.63) is 49.1 Å². The number of aliphatic hydroxyl groups excluding tert-OH is 1. The van der Waals surface area contributed by atoms with E-state index in [1.54, 1.807) is 4.57 Å². The van der Waals surface area contributed by atoms with E-state index < -0.39 is 0 Å². The zero-order chi connectivity index (χ0) is 10.7. The molecule has 0 radical (unpaired) electrons. The first kappa shape index (κ1) is 9.80. The number of aryl methyl sites for hydroxylation is 1. The predicted molar refractivity (Wildman–Crippen MR) is 55.5 cm³/mol. The minimum atomic E-state index is 0.0179. The van der Waals surface area contributed by atoms with Crippen LogP contribution in [-0.2, 0) is 13.8 Å². The Bertz CT molecular complexity index is 434. The third-order valence-corrected chi connectivity index (χ3v) is 2.37. The molecule has 2 aromatic rings. The smallest absolute Gasteiger partial charge is 0.250 e. The Morgan fingerprint density at radius 3 is 1.87 bits per heavy atom. The number of pyridine rings is 2. The Morgan fingerprint density at radius 1 is 0.933 bits per heavy atom. The number of aromatic nitrogens is 2. The molecule has 0 aliphatic heterocycles. The van der Waals surface area contributed by atoms with Crippen molar-refractivity contribution < 1.29 is 14.2 Å². The van der Waals surface area contributed by atoms with Gasteiger partial charge in [0.1, 0.15) is 7.05 Å². The minimum absolute atomic E-state index is 0.0179. The molecule has 76 valence electrons. The van der Waals surface area contributed by atoms with Crippen molar-refractivity contribution in [1.29, 1.82) is 0 Å². The largest absolute Gasteiger partial charge is 0.339 e. The summed E-state index contributed by atoms with van der Waals surface area (Å²) in [6.45, 7) is 0.0179. The molecule has 0 saturated carbocycles. The standard InChI is InChI=1S/C12H14N2O/c1-13-6-2-11(3-7-13)12-4-8-14(10-15)9-5-12/h2-9,15H,10H2,1H3/q+2. The van der Waals surface area contributed by atoms with E-state index in [-0.39, 0.29) is 6.73 Å². The average molecular weight is 202 g/mol. The summed E-state index contributed by atoms with van der Waals surface area (Å²) in [6.07, 6.45) is 7.76. The van der Waals surface area contributed by atoms with E-state index in [4.69, 9.17) is 5.11 Å². The summed E-state index contributed by atoms with van der Waals surface area (Å²) in [7, 11) is 1.99. The van der Waals surface area contributed by atoms with Crippen LogP contribution in [0.1, 0.15) is 0 Å². The molecule has 0 fully saturated rings. The number of nitrogens with zero attached hydrogens (tertiary/aromatic N) is 2. The fraction of sp³-hybridized carbons (Fsp3) is 0.167. The summed E-state index contributed by atoms with van der Waals surface area (Å²) in [5.74, 6) is 0. The molecule has 0 aliphatic rings. The molecule has 0 aliphatic carbocycles. The van der Waals surface area contributed by atoms with Crippen LogP contribution >= 0.6 is 0 Å². The Hall–Kier alpha value is -1.74. The third-order valence-electron chi connectivity index (χ3n) is 2.37. The molecule has 3 nitrogen and oxygen atoms in total. The van der Waals surface area contributed by atoms with Crippen LogP contribution in [0.25, 0.3) is 11.1 Å². The lowest BCUT2D eigenvalue weighted by Gasteiger charge is -1.98. The van der Waals surface area contributed by atoms with Gasteiger partial charge in [0, 0.05) is 24.3 Å². The van der Waals surface area contributed by atoms with Crippen LogP contribution in [0.5, 0.6) is 0 Å². The molecule has 0 amide bonds. The van der Waals surface area contributed by atoms with Gasteiger partial charge >= 0.3 is 0 Å². The van der Waals surface area contributed by atoms with Gasteiger partial charge in [-0.1, -0.05) is 0 Å². The second kappa shape index (κ2) is 4.19. The molecule has 15 heavy (non-hydrogen) atoms. The zero-order valence-corrected chi connectivity index (χ0v) is 8.67. The SMILES string of the molecule is C[n+]1ccc(-c2cc[n+](CO)cc2)cc1. The maximum absolute atomic E-state index is 8.90. The van der Waals surface area contributed by atoms with Crippen molar-refractivity contribution in [2.45, 2.75) is 6.73 Å². The van der Waals surface area contributed by atoms with Crippen LogP contribution in [0.15, 0.2) is 49.1 Å². The average Bonchev–Trinajstić information content (AvgIpc) is 2.30. The van der Waals surface area contributed by atoms with Crippen LogP contribution < -0.4 is 9.13 Å². The molecule has 0 atom stereocenters. The maximum atomic E-state index is 8.90. The molecule has 0 saturated heterocycles. The summed E-state index contributed by atoms with van der Waals surface area (Å²) in [5, 5.41) is 8.90. The molecule has 2 heterocycles. The lowest BCUT2D eigenvalue weighted by molar-refractivity contribution is -0.729. The number of rotatable bonds is 2. The van der Waals surface area contributed by atoms with Crippen molar-refractivity contribution >= 4 is 0 Å². The van der Waals surface area contributed by atoms with Crippen LogP contribution in [0, 0.1) is 0 Å². The predicted octanol–water partition coefficient (Wildman–Crippen LogP) is 0.415. The molecule has 0 unspecified atom stereocenters. The molecule has 3 heteroatoms. The highest BCUT2D eigenvalue weighted by molar-refractivity contribution is 5.60. The van der Waals surface area contributed by atoms with Gasteiger partial charge < -0.3 is 5.11 Å². The third kappa shape index (κ3) is 2.19. The molecule has 2 rings (SSSR count). The minimum Gasteiger partial charge on any atom is -0.339 e. The van der Waals surface area contributed by atoms with Crippen molar-refractivity contribution in [3.63, 3.8) is 0 Å². The molecular formula is C12H14N2O+2. The number of aliphatic hydroxyl groups is 1. The van der Waals surface area contributed by atoms with Crippen LogP contribution in [0.4, 0.5) is 0 Å². The van der Waals surface area contributed by atoms with Crippen LogP contribution in [0.3, 0.4) is 0 Å². The van der Waals surface area contributed by atoms with E-state index in [2.05, 4.69) is 12.1 Å². The van der Waals surface area contributed by atoms with Crippen molar-refractivity contribution in [2.75, 3.05) is 0 Å². The topological polar surface area (TPSA) is 28.0 Å². The highest BCUT2D eigenvalue weighted by atomic mass is 16.3. The van der Waals surface area contributed by atoms with Gasteiger partial charge in [0.05, 0.1) is 0 Å². The fourth-order valence-corrected chi connectivity index (χ4v) is 1.44. The Balaban J connectivity index is 2.33. The first-order valence-electron chi connectivity index (χ1n) is 4.85. The van der Waals surface area contributed by atoms with Gasteiger partial charge in [0.25, 0.3) is 0 Å². The summed E-state index contributed by atoms with van der Waals surface area (Å²) < 4.78 is 3.72. The van der Waals surface area contributed by atoms with Gasteiger partial charge in [-0.05, 0) is 11.1 Å². The number of hydrogen-bond acceptors (Lipinski definition) is 1. The van der Waals surface area contributed by atoms with E-state index >= 15 is 0 Å². The molecule has 2 aromatic heterocycles. The molecule has 0 aromatic carbocycles. The van der Waals surface area contributed by atoms with Gasteiger partial charge in [0.15, 0.2) is 24.8 Å². The van der Waals surface area contributed by atoms with Crippen molar-refractivity contribution in [2.24, 2.45) is 7.05 Å². The Labute approximate surface area is 88.9 Å². The van der Waals surface area contributed by atoms with Crippen molar-refractivity contribution in [1.82, 2.24) is 0 Å². The molecule has 0 bridgehead atoms. The molecule has 1 N–H and O–H groups in total. The normalized spacial score (nSPS) is 10.3. The summed E-state index contributed by atoms with van der Waals surface area (Å²) in [4.78, 5) is 0. The summed E-state index contributed by atoms with van der Waals surface area (Å²) >= 11 is 0. The van der Waals surface area contributed by atoms with Crippen LogP contribution in [-0.4, -0.2) is 5.11 Å². The van der Waals surface area contributed by atoms with Gasteiger partial charge in [-0.3, -0.25) is 0 Å². The lowest BCUT2D eigenvalue weighted by Crippen LogP contribution is -2.32. The Morgan fingerprint density at radius 2 is 1.40 bits per heavy atom. The highest BCUT2D eigenvalue weighted by Crippen LogP contribution is 2.15. The first-order valence-corrected chi connectivity index (χ1v) is 4.85. The van der Waals surface area contributed by atoms with Gasteiger partial charge in [0.2, 0.25) is 6.73 Å². The van der Waals surface area contributed by atoms with Gasteiger partial charge in [-0.2, -0.15) is 4.57 Å². The highest BCUT2D eigenvalue weighted by Gasteiger charge is 2.02. The van der Waals surface area contributed by atoms with E-state index in [0.29, 0.717) is 0 Å². The van der Waals surface area contributed by atoms with Gasteiger partial charge in [-0.15, -0.1) is 0 Å². The monoisotopic (exact) mass is 202 g/mol. The first-order chi connectivity index (χ1) is 7.29. The van der Waals surface area contributed by atoms with E-state index in [0.717, 1.165) is 5.56 Å². The van der Waals surface area contributed by atoms with E-state index in [1.807, 2.05) is 48.5 Å². The second-order valence-electron chi connectivity index (χ2n) is 3.49. The van der Waals surface area contributed by atoms with Crippen LogP contribution in [0.2, 0.25) is 0 Å². The maximum Gasteiger partial charge on any atom is 0.250 e. The fourth-order valence-electron chi connectivity index (χ4n) is 1.44. The molecular weight excluding hydrogens is 188 g/mol. The number of hydrogen-bond donors (Lipinski definition) is 1. The second-order valence-corrected chi connectivity index (χ2v) is 3.49. The summed E-state index contributed by atoms with van der Waals surface area (Å²) in [6, 6.07) is 8.12. The zero-order valence-electron chi connectivity index (χ0n) is 8.67. The summed E-state index contributed by atoms with van der Waals surface area (Å²) in [5.41, 5.74) is 2.33. The van der Waals surface area contributed by atoms with E-state index in [1.165, 1.54) is 5.56 Å².